The second-order valence-corrected chi connectivity index (χ2v) is 6.17. The molecule has 1 unspecified atom stereocenters. The van der Waals surface area contributed by atoms with E-state index in [0.29, 0.717) is 18.0 Å². The second kappa shape index (κ2) is 7.77. The van der Waals surface area contributed by atoms with Gasteiger partial charge in [0.25, 0.3) is 5.91 Å². The van der Waals surface area contributed by atoms with Gasteiger partial charge in [0.2, 0.25) is 5.91 Å². The summed E-state index contributed by atoms with van der Waals surface area (Å²) in [5.74, 6) is 0.365. The van der Waals surface area contributed by atoms with Crippen molar-refractivity contribution in [3.8, 4) is 0 Å². The van der Waals surface area contributed by atoms with Gasteiger partial charge < -0.3 is 10.6 Å². The first-order valence-corrected chi connectivity index (χ1v) is 8.41. The molecule has 4 nitrogen and oxygen atoms in total. The second-order valence-electron chi connectivity index (χ2n) is 6.17. The van der Waals surface area contributed by atoms with Gasteiger partial charge in [-0.1, -0.05) is 48.5 Å². The van der Waals surface area contributed by atoms with Crippen LogP contribution in [0.2, 0.25) is 0 Å². The van der Waals surface area contributed by atoms with Gasteiger partial charge in [-0.15, -0.1) is 0 Å². The summed E-state index contributed by atoms with van der Waals surface area (Å²) in [6, 6.07) is 19.2. The van der Waals surface area contributed by atoms with E-state index < -0.39 is 0 Å². The largest absolute Gasteiger partial charge is 0.352 e. The Morgan fingerprint density at radius 1 is 0.958 bits per heavy atom. The van der Waals surface area contributed by atoms with Crippen molar-refractivity contribution in [2.24, 2.45) is 5.92 Å². The molecular formula is C20H22N2O2. The average molecular weight is 322 g/mol. The van der Waals surface area contributed by atoms with Crippen molar-refractivity contribution >= 4 is 11.8 Å². The van der Waals surface area contributed by atoms with Crippen LogP contribution in [-0.2, 0) is 4.79 Å². The molecule has 4 heteroatoms. The predicted molar refractivity (Wildman–Crippen MR) is 93.4 cm³/mol. The van der Waals surface area contributed by atoms with Crippen LogP contribution in [0.4, 0.5) is 0 Å². The molecule has 2 amide bonds. The van der Waals surface area contributed by atoms with Gasteiger partial charge in [-0.2, -0.15) is 0 Å². The highest BCUT2D eigenvalue weighted by Crippen LogP contribution is 2.40. The van der Waals surface area contributed by atoms with Crippen LogP contribution in [-0.4, -0.2) is 18.4 Å². The lowest BCUT2D eigenvalue weighted by Crippen LogP contribution is -2.33. The smallest absolute Gasteiger partial charge is 0.251 e. The summed E-state index contributed by atoms with van der Waals surface area (Å²) in [6.07, 6.45) is 2.60. The molecule has 0 heterocycles. The minimum Gasteiger partial charge on any atom is -0.352 e. The maximum absolute atomic E-state index is 12.2. The zero-order valence-corrected chi connectivity index (χ0v) is 13.6. The molecule has 0 spiro atoms. The van der Waals surface area contributed by atoms with Gasteiger partial charge in [0, 0.05) is 18.5 Å². The Bertz CT molecular complexity index is 681. The minimum atomic E-state index is -0.148. The molecule has 24 heavy (non-hydrogen) atoms. The van der Waals surface area contributed by atoms with E-state index in [4.69, 9.17) is 0 Å². The molecule has 1 aliphatic rings. The Labute approximate surface area is 142 Å². The standard InChI is InChI=1S/C20H22N2O2/c23-18(13-14-21-20(24)17-9-5-2-6-10-17)22-19(16-11-12-16)15-7-3-1-4-8-15/h1-10,16,19H,11-14H2,(H,21,24)(H,22,23). The van der Waals surface area contributed by atoms with Gasteiger partial charge in [-0.25, -0.2) is 0 Å². The topological polar surface area (TPSA) is 58.2 Å². The molecule has 0 saturated heterocycles. The maximum Gasteiger partial charge on any atom is 0.251 e. The van der Waals surface area contributed by atoms with E-state index in [1.165, 1.54) is 0 Å². The predicted octanol–water partition coefficient (Wildman–Crippen LogP) is 3.07. The first kappa shape index (κ1) is 16.2. The molecule has 1 aliphatic carbocycles. The number of hydrogen-bond acceptors (Lipinski definition) is 2. The van der Waals surface area contributed by atoms with E-state index >= 15 is 0 Å². The van der Waals surface area contributed by atoms with E-state index in [1.807, 2.05) is 36.4 Å². The highest BCUT2D eigenvalue weighted by molar-refractivity contribution is 5.94. The fraction of sp³-hybridized carbons (Fsp3) is 0.300. The van der Waals surface area contributed by atoms with E-state index in [2.05, 4.69) is 22.8 Å². The molecular weight excluding hydrogens is 300 g/mol. The average Bonchev–Trinajstić information content (AvgIpc) is 3.46. The summed E-state index contributed by atoms with van der Waals surface area (Å²) in [6.45, 7) is 0.339. The third kappa shape index (κ3) is 4.44. The van der Waals surface area contributed by atoms with Crippen molar-refractivity contribution in [2.45, 2.75) is 25.3 Å². The molecule has 1 atom stereocenters. The lowest BCUT2D eigenvalue weighted by molar-refractivity contribution is -0.121. The molecule has 2 aromatic rings. The number of carbonyl (C=O) groups is 2. The summed E-state index contributed by atoms with van der Waals surface area (Å²) < 4.78 is 0. The molecule has 0 aliphatic heterocycles. The van der Waals surface area contributed by atoms with Crippen LogP contribution >= 0.6 is 0 Å². The third-order valence-electron chi connectivity index (χ3n) is 4.24. The third-order valence-corrected chi connectivity index (χ3v) is 4.24. The van der Waals surface area contributed by atoms with E-state index in [0.717, 1.165) is 18.4 Å². The maximum atomic E-state index is 12.2. The van der Waals surface area contributed by atoms with Gasteiger partial charge >= 0.3 is 0 Å². The van der Waals surface area contributed by atoms with Crippen LogP contribution in [0.15, 0.2) is 60.7 Å². The Kier molecular flexibility index (Phi) is 5.26. The first-order valence-electron chi connectivity index (χ1n) is 8.41. The van der Waals surface area contributed by atoms with Gasteiger partial charge in [-0.05, 0) is 36.5 Å². The zero-order chi connectivity index (χ0) is 16.8. The molecule has 3 rings (SSSR count). The molecule has 124 valence electrons. The summed E-state index contributed by atoms with van der Waals surface area (Å²) >= 11 is 0. The molecule has 0 bridgehead atoms. The first-order chi connectivity index (χ1) is 11.7. The van der Waals surface area contributed by atoms with Crippen molar-refractivity contribution in [1.82, 2.24) is 10.6 Å². The highest BCUT2D eigenvalue weighted by atomic mass is 16.2. The molecule has 2 N–H and O–H groups in total. The lowest BCUT2D eigenvalue weighted by atomic mass is 10.0. The van der Waals surface area contributed by atoms with Crippen molar-refractivity contribution in [1.29, 1.82) is 0 Å². The number of nitrogens with one attached hydrogen (secondary N) is 2. The van der Waals surface area contributed by atoms with Crippen molar-refractivity contribution in [3.05, 3.63) is 71.8 Å². The molecule has 1 fully saturated rings. The monoisotopic (exact) mass is 322 g/mol. The minimum absolute atomic E-state index is 0.0240. The zero-order valence-electron chi connectivity index (χ0n) is 13.6. The normalized spacial score (nSPS) is 14.7. The van der Waals surface area contributed by atoms with E-state index in [-0.39, 0.29) is 24.3 Å². The summed E-state index contributed by atoms with van der Waals surface area (Å²) in [7, 11) is 0. The van der Waals surface area contributed by atoms with Crippen LogP contribution in [0, 0.1) is 5.92 Å². The highest BCUT2D eigenvalue weighted by Gasteiger charge is 2.33. The Morgan fingerprint density at radius 2 is 1.58 bits per heavy atom. The Hall–Kier alpha value is -2.62. The number of amides is 2. The number of carbonyl (C=O) groups excluding carboxylic acids is 2. The van der Waals surface area contributed by atoms with Gasteiger partial charge in [0.1, 0.15) is 0 Å². The van der Waals surface area contributed by atoms with Crippen molar-refractivity contribution < 1.29 is 9.59 Å². The number of hydrogen-bond donors (Lipinski definition) is 2. The Balaban J connectivity index is 1.47. The molecule has 0 radical (unpaired) electrons. The number of benzene rings is 2. The summed E-state index contributed by atoms with van der Waals surface area (Å²) in [5.41, 5.74) is 1.76. The SMILES string of the molecule is O=C(CCNC(=O)c1ccccc1)NC(c1ccccc1)C1CC1. The van der Waals surface area contributed by atoms with Crippen LogP contribution in [0.25, 0.3) is 0 Å². The van der Waals surface area contributed by atoms with Gasteiger partial charge in [-0.3, -0.25) is 9.59 Å². The van der Waals surface area contributed by atoms with Crippen LogP contribution in [0.5, 0.6) is 0 Å². The van der Waals surface area contributed by atoms with Gasteiger partial charge in [0.05, 0.1) is 6.04 Å². The fourth-order valence-corrected chi connectivity index (χ4v) is 2.79. The van der Waals surface area contributed by atoms with E-state index in [9.17, 15) is 9.59 Å². The molecule has 0 aromatic heterocycles. The quantitative estimate of drug-likeness (QED) is 0.823. The number of rotatable bonds is 7. The molecule has 1 saturated carbocycles. The summed E-state index contributed by atoms with van der Waals surface area (Å²) in [5, 5.41) is 5.91. The lowest BCUT2D eigenvalue weighted by Gasteiger charge is -2.19. The Morgan fingerprint density at radius 3 is 2.21 bits per heavy atom. The van der Waals surface area contributed by atoms with Crippen molar-refractivity contribution in [2.75, 3.05) is 6.54 Å². The molecule has 2 aromatic carbocycles. The summed E-state index contributed by atoms with van der Waals surface area (Å²) in [4.78, 5) is 24.2. The van der Waals surface area contributed by atoms with Crippen LogP contribution < -0.4 is 10.6 Å². The van der Waals surface area contributed by atoms with Crippen molar-refractivity contribution in [3.63, 3.8) is 0 Å². The van der Waals surface area contributed by atoms with E-state index in [1.54, 1.807) is 12.1 Å². The van der Waals surface area contributed by atoms with Gasteiger partial charge in [0.15, 0.2) is 0 Å². The fourth-order valence-electron chi connectivity index (χ4n) is 2.79. The van der Waals surface area contributed by atoms with Crippen LogP contribution in [0.1, 0.15) is 41.2 Å². The van der Waals surface area contributed by atoms with Crippen LogP contribution in [0.3, 0.4) is 0 Å².